The van der Waals surface area contributed by atoms with Crippen molar-refractivity contribution in [2.75, 3.05) is 18.4 Å². The minimum atomic E-state index is -0.491. The zero-order valence-corrected chi connectivity index (χ0v) is 15.2. The lowest BCUT2D eigenvalue weighted by Crippen LogP contribution is -2.37. The average Bonchev–Trinajstić information content (AvgIpc) is 2.61. The molecule has 1 heterocycles. The van der Waals surface area contributed by atoms with Crippen LogP contribution in [-0.2, 0) is 11.3 Å². The van der Waals surface area contributed by atoms with Gasteiger partial charge in [-0.05, 0) is 61.8 Å². The molecule has 2 aromatic carbocycles. The van der Waals surface area contributed by atoms with E-state index in [0.717, 1.165) is 37.5 Å². The van der Waals surface area contributed by atoms with E-state index in [-0.39, 0.29) is 16.8 Å². The number of hydrogen-bond donors (Lipinski definition) is 1. The molecule has 1 aliphatic rings. The molecule has 0 spiro atoms. The van der Waals surface area contributed by atoms with Crippen molar-refractivity contribution >= 4 is 34.8 Å². The van der Waals surface area contributed by atoms with Gasteiger partial charge in [0.05, 0.1) is 5.02 Å². The van der Waals surface area contributed by atoms with E-state index in [9.17, 15) is 9.18 Å². The van der Waals surface area contributed by atoms with Gasteiger partial charge in [-0.3, -0.25) is 9.69 Å². The minimum Gasteiger partial charge on any atom is -0.326 e. The number of piperidine rings is 1. The first-order valence-corrected chi connectivity index (χ1v) is 8.99. The van der Waals surface area contributed by atoms with Gasteiger partial charge in [0.25, 0.3) is 0 Å². The van der Waals surface area contributed by atoms with Crippen LogP contribution in [0.15, 0.2) is 42.5 Å². The van der Waals surface area contributed by atoms with Gasteiger partial charge in [-0.15, -0.1) is 0 Å². The molecule has 3 rings (SSSR count). The lowest BCUT2D eigenvalue weighted by Gasteiger charge is -2.31. The molecule has 0 saturated carbocycles. The third-order valence-electron chi connectivity index (χ3n) is 4.46. The van der Waals surface area contributed by atoms with Crippen molar-refractivity contribution < 1.29 is 9.18 Å². The van der Waals surface area contributed by atoms with E-state index in [1.165, 1.54) is 23.8 Å². The third kappa shape index (κ3) is 4.94. The maximum atomic E-state index is 13.2. The molecule has 0 aliphatic carbocycles. The zero-order chi connectivity index (χ0) is 17.8. The summed E-state index contributed by atoms with van der Waals surface area (Å²) in [5, 5.41) is 3.57. The molecule has 0 radical (unpaired) electrons. The summed E-state index contributed by atoms with van der Waals surface area (Å²) < 4.78 is 13.2. The van der Waals surface area contributed by atoms with Gasteiger partial charge in [0.1, 0.15) is 5.82 Å². The van der Waals surface area contributed by atoms with Crippen molar-refractivity contribution in [1.29, 1.82) is 0 Å². The average molecular weight is 381 g/mol. The lowest BCUT2D eigenvalue weighted by atomic mass is 9.95. The highest BCUT2D eigenvalue weighted by molar-refractivity contribution is 6.31. The molecule has 0 unspecified atom stereocenters. The Labute approximate surface area is 156 Å². The van der Waals surface area contributed by atoms with E-state index in [4.69, 9.17) is 23.2 Å². The number of benzene rings is 2. The topological polar surface area (TPSA) is 32.3 Å². The van der Waals surface area contributed by atoms with Gasteiger partial charge in [-0.2, -0.15) is 0 Å². The largest absolute Gasteiger partial charge is 0.326 e. The number of halogens is 3. The molecule has 1 N–H and O–H groups in total. The summed E-state index contributed by atoms with van der Waals surface area (Å²) in [7, 11) is 0. The number of nitrogens with zero attached hydrogens (tertiary/aromatic N) is 1. The molecule has 132 valence electrons. The fourth-order valence-electron chi connectivity index (χ4n) is 3.02. The van der Waals surface area contributed by atoms with Gasteiger partial charge in [-0.25, -0.2) is 4.39 Å². The second-order valence-corrected chi connectivity index (χ2v) is 7.14. The zero-order valence-electron chi connectivity index (χ0n) is 13.6. The normalized spacial score (nSPS) is 16.0. The predicted molar refractivity (Wildman–Crippen MR) is 99.5 cm³/mol. The summed E-state index contributed by atoms with van der Waals surface area (Å²) in [5.74, 6) is -0.561. The summed E-state index contributed by atoms with van der Waals surface area (Å²) >= 11 is 11.7. The van der Waals surface area contributed by atoms with Gasteiger partial charge < -0.3 is 5.32 Å². The van der Waals surface area contributed by atoms with Crippen LogP contribution >= 0.6 is 23.2 Å². The van der Waals surface area contributed by atoms with Gasteiger partial charge in [0.2, 0.25) is 5.91 Å². The van der Waals surface area contributed by atoms with Crippen molar-refractivity contribution in [3.05, 3.63) is 63.9 Å². The molecule has 0 aromatic heterocycles. The maximum absolute atomic E-state index is 13.2. The molecule has 1 aliphatic heterocycles. The van der Waals surface area contributed by atoms with Crippen molar-refractivity contribution in [2.24, 2.45) is 5.92 Å². The first kappa shape index (κ1) is 18.2. The molecule has 0 bridgehead atoms. The second-order valence-electron chi connectivity index (χ2n) is 6.30. The fourth-order valence-corrected chi connectivity index (χ4v) is 3.33. The highest BCUT2D eigenvalue weighted by Crippen LogP contribution is 2.23. The Morgan fingerprint density at radius 2 is 1.80 bits per heavy atom. The van der Waals surface area contributed by atoms with E-state index in [2.05, 4.69) is 10.2 Å². The van der Waals surface area contributed by atoms with Gasteiger partial charge in [-0.1, -0.05) is 35.3 Å². The Morgan fingerprint density at radius 1 is 1.12 bits per heavy atom. The quantitative estimate of drug-likeness (QED) is 0.810. The van der Waals surface area contributed by atoms with Crippen LogP contribution in [0.25, 0.3) is 0 Å². The Morgan fingerprint density at radius 3 is 2.44 bits per heavy atom. The smallest absolute Gasteiger partial charge is 0.227 e. The number of amides is 1. The van der Waals surface area contributed by atoms with Crippen LogP contribution in [0.5, 0.6) is 0 Å². The van der Waals surface area contributed by atoms with Crippen LogP contribution in [0, 0.1) is 11.7 Å². The summed E-state index contributed by atoms with van der Waals surface area (Å²) in [6.07, 6.45) is 1.60. The summed E-state index contributed by atoms with van der Waals surface area (Å²) in [5.41, 5.74) is 1.74. The molecule has 2 aromatic rings. The maximum Gasteiger partial charge on any atom is 0.227 e. The highest BCUT2D eigenvalue weighted by Gasteiger charge is 2.25. The number of nitrogens with one attached hydrogen (secondary N) is 1. The standard InChI is InChI=1S/C19H19Cl2FN2O/c20-15-3-1-13(2-4-15)12-24-9-7-14(8-10-24)19(25)23-16-5-6-18(22)17(21)11-16/h1-6,11,14H,7-10,12H2,(H,23,25). The Kier molecular flexibility index (Phi) is 5.94. The molecule has 6 heteroatoms. The summed E-state index contributed by atoms with van der Waals surface area (Å²) in [6, 6.07) is 12.1. The first-order chi connectivity index (χ1) is 12.0. The second kappa shape index (κ2) is 8.17. The van der Waals surface area contributed by atoms with Crippen LogP contribution < -0.4 is 5.32 Å². The summed E-state index contributed by atoms with van der Waals surface area (Å²) in [4.78, 5) is 14.7. The van der Waals surface area contributed by atoms with Crippen molar-refractivity contribution in [1.82, 2.24) is 4.90 Å². The van der Waals surface area contributed by atoms with Crippen LogP contribution in [0.2, 0.25) is 10.0 Å². The third-order valence-corrected chi connectivity index (χ3v) is 5.01. The molecule has 0 atom stereocenters. The monoisotopic (exact) mass is 380 g/mol. The van der Waals surface area contributed by atoms with E-state index < -0.39 is 5.82 Å². The fraction of sp³-hybridized carbons (Fsp3) is 0.316. The number of rotatable bonds is 4. The van der Waals surface area contributed by atoms with Gasteiger partial charge in [0.15, 0.2) is 0 Å². The van der Waals surface area contributed by atoms with Crippen molar-refractivity contribution in [2.45, 2.75) is 19.4 Å². The molecule has 3 nitrogen and oxygen atoms in total. The molecule has 1 saturated heterocycles. The van der Waals surface area contributed by atoms with Crippen LogP contribution in [-0.4, -0.2) is 23.9 Å². The SMILES string of the molecule is O=C(Nc1ccc(F)c(Cl)c1)C1CCN(Cc2ccc(Cl)cc2)CC1. The number of likely N-dealkylation sites (tertiary alicyclic amines) is 1. The van der Waals surface area contributed by atoms with E-state index in [1.54, 1.807) is 0 Å². The van der Waals surface area contributed by atoms with E-state index in [1.807, 2.05) is 24.3 Å². The Balaban J connectivity index is 1.50. The minimum absolute atomic E-state index is 0.00980. The number of carbonyl (C=O) groups is 1. The Bertz CT molecular complexity index is 744. The lowest BCUT2D eigenvalue weighted by molar-refractivity contribution is -0.121. The molecule has 1 fully saturated rings. The van der Waals surface area contributed by atoms with Crippen LogP contribution in [0.4, 0.5) is 10.1 Å². The predicted octanol–water partition coefficient (Wildman–Crippen LogP) is 4.98. The summed E-state index contributed by atoms with van der Waals surface area (Å²) in [6.45, 7) is 2.59. The van der Waals surface area contributed by atoms with Crippen molar-refractivity contribution in [3.8, 4) is 0 Å². The first-order valence-electron chi connectivity index (χ1n) is 8.24. The molecule has 1 amide bonds. The van der Waals surface area contributed by atoms with Crippen LogP contribution in [0.1, 0.15) is 18.4 Å². The molecular formula is C19H19Cl2FN2O. The van der Waals surface area contributed by atoms with E-state index in [0.29, 0.717) is 5.69 Å². The van der Waals surface area contributed by atoms with Gasteiger partial charge in [0, 0.05) is 23.2 Å². The van der Waals surface area contributed by atoms with Crippen LogP contribution in [0.3, 0.4) is 0 Å². The number of anilines is 1. The van der Waals surface area contributed by atoms with Gasteiger partial charge >= 0.3 is 0 Å². The Hall–Kier alpha value is -1.62. The van der Waals surface area contributed by atoms with E-state index >= 15 is 0 Å². The van der Waals surface area contributed by atoms with Crippen molar-refractivity contribution in [3.63, 3.8) is 0 Å². The number of carbonyl (C=O) groups excluding carboxylic acids is 1. The molecule has 25 heavy (non-hydrogen) atoms. The molecular weight excluding hydrogens is 362 g/mol. The number of hydrogen-bond acceptors (Lipinski definition) is 2. The highest BCUT2D eigenvalue weighted by atomic mass is 35.5.